The summed E-state index contributed by atoms with van der Waals surface area (Å²) in [5.41, 5.74) is 0.666. The van der Waals surface area contributed by atoms with Crippen LogP contribution in [0.25, 0.3) is 0 Å². The van der Waals surface area contributed by atoms with Crippen molar-refractivity contribution in [3.8, 4) is 5.75 Å². The maximum absolute atomic E-state index is 13.4. The minimum Gasteiger partial charge on any atom is -0.461 e. The Bertz CT molecular complexity index is 874. The number of aromatic nitrogens is 1. The number of nitrogens with one attached hydrogen (secondary N) is 1. The summed E-state index contributed by atoms with van der Waals surface area (Å²) < 4.78 is 87.3. The largest absolute Gasteiger partial charge is 0.573 e. The van der Waals surface area contributed by atoms with Crippen molar-refractivity contribution in [1.82, 2.24) is 4.98 Å². The predicted octanol–water partition coefficient (Wildman–Crippen LogP) is 5.47. The average Bonchev–Trinajstić information content (AvgIpc) is 3.43. The van der Waals surface area contributed by atoms with Crippen LogP contribution >= 0.6 is 0 Å². The number of nitrogens with zero attached hydrogens (tertiary/aromatic N) is 1. The Kier molecular flexibility index (Phi) is 6.86. The molecule has 1 heterocycles. The Balaban J connectivity index is 2.17. The van der Waals surface area contributed by atoms with Gasteiger partial charge in [0, 0.05) is 12.1 Å². The summed E-state index contributed by atoms with van der Waals surface area (Å²) in [4.78, 5) is 3.50. The summed E-state index contributed by atoms with van der Waals surface area (Å²) in [5.74, 6) is 2.25. The van der Waals surface area contributed by atoms with Gasteiger partial charge in [-0.05, 0) is 37.0 Å². The van der Waals surface area contributed by atoms with Crippen LogP contribution in [0.15, 0.2) is 60.7 Å². The summed E-state index contributed by atoms with van der Waals surface area (Å²) in [6.07, 6.45) is -4.42. The number of hydrogen-bond acceptors (Lipinski definition) is 5. The molecule has 2 unspecified atom stereocenters. The van der Waals surface area contributed by atoms with E-state index in [1.807, 2.05) is 5.43 Å². The first kappa shape index (κ1) is 23.3. The first-order valence-electron chi connectivity index (χ1n) is 8.56. The van der Waals surface area contributed by atoms with Crippen LogP contribution < -0.4 is 16.0 Å². The second-order valence-corrected chi connectivity index (χ2v) is 6.32. The second-order valence-electron chi connectivity index (χ2n) is 6.32. The lowest BCUT2D eigenvalue weighted by molar-refractivity contribution is -0.304. The summed E-state index contributed by atoms with van der Waals surface area (Å²) in [6, 6.07) is 0.991. The molecule has 2 atom stereocenters. The number of pyridine rings is 1. The summed E-state index contributed by atoms with van der Waals surface area (Å²) in [6.45, 7) is 8.87. The number of alkyl halides is 6. The van der Waals surface area contributed by atoms with Crippen molar-refractivity contribution < 1.29 is 35.8 Å². The molecule has 1 fully saturated rings. The lowest BCUT2D eigenvalue weighted by atomic mass is 10.1. The highest BCUT2D eigenvalue weighted by molar-refractivity contribution is 5.53. The van der Waals surface area contributed by atoms with Gasteiger partial charge in [-0.2, -0.15) is 13.2 Å². The molecule has 0 aromatic carbocycles. The maximum atomic E-state index is 13.4. The highest BCUT2D eigenvalue weighted by Gasteiger charge is 2.46. The fourth-order valence-corrected chi connectivity index (χ4v) is 2.76. The smallest absolute Gasteiger partial charge is 0.461 e. The zero-order chi connectivity index (χ0) is 22.7. The van der Waals surface area contributed by atoms with Gasteiger partial charge < -0.3 is 14.9 Å². The number of hydrazine groups is 1. The van der Waals surface area contributed by atoms with E-state index in [4.69, 9.17) is 10.6 Å². The van der Waals surface area contributed by atoms with E-state index in [9.17, 15) is 26.3 Å². The third-order valence-electron chi connectivity index (χ3n) is 4.21. The monoisotopic (exact) mass is 435 g/mol. The Hall–Kier alpha value is -2.95. The molecule has 0 saturated heterocycles. The number of hydrogen-bond donors (Lipinski definition) is 2. The molecule has 0 radical (unpaired) electrons. The predicted molar refractivity (Wildman–Crippen MR) is 97.6 cm³/mol. The van der Waals surface area contributed by atoms with E-state index < -0.39 is 47.3 Å². The van der Waals surface area contributed by atoms with Crippen LogP contribution in [0, 0.1) is 11.8 Å². The van der Waals surface area contributed by atoms with Crippen molar-refractivity contribution >= 4 is 5.82 Å². The third kappa shape index (κ3) is 5.78. The molecule has 0 bridgehead atoms. The second kappa shape index (κ2) is 8.82. The quantitative estimate of drug-likeness (QED) is 0.186. The number of nitrogen functional groups attached to an aromatic ring is 1. The highest BCUT2D eigenvalue weighted by Crippen LogP contribution is 2.51. The Labute approximate surface area is 168 Å². The van der Waals surface area contributed by atoms with Crippen molar-refractivity contribution in [2.45, 2.75) is 25.9 Å². The molecule has 1 saturated carbocycles. The molecule has 1 aromatic heterocycles. The van der Waals surface area contributed by atoms with Crippen LogP contribution in [0.1, 0.15) is 18.9 Å². The first-order valence-corrected chi connectivity index (χ1v) is 8.56. The minimum absolute atomic E-state index is 0.0373. The van der Waals surface area contributed by atoms with Crippen LogP contribution in [0.4, 0.5) is 32.2 Å². The SMILES string of the molecule is C=C(Oc1ccnc(NN)c1C(F)(F)F)C1CC1C(=C)C(=CC=CC)OC(F)(F)F. The summed E-state index contributed by atoms with van der Waals surface area (Å²) in [7, 11) is 0. The van der Waals surface area contributed by atoms with Gasteiger partial charge in [-0.15, -0.1) is 13.2 Å². The van der Waals surface area contributed by atoms with Crippen LogP contribution in [0.2, 0.25) is 0 Å². The van der Waals surface area contributed by atoms with Gasteiger partial charge in [0.05, 0.1) is 0 Å². The van der Waals surface area contributed by atoms with E-state index in [1.54, 1.807) is 6.92 Å². The van der Waals surface area contributed by atoms with E-state index in [1.165, 1.54) is 12.2 Å². The van der Waals surface area contributed by atoms with Crippen molar-refractivity contribution in [2.75, 3.05) is 5.43 Å². The van der Waals surface area contributed by atoms with E-state index in [-0.39, 0.29) is 11.3 Å². The van der Waals surface area contributed by atoms with Gasteiger partial charge in [0.1, 0.15) is 22.8 Å². The Morgan fingerprint density at radius 2 is 1.90 bits per heavy atom. The van der Waals surface area contributed by atoms with Crippen LogP contribution in [0.5, 0.6) is 5.75 Å². The zero-order valence-corrected chi connectivity index (χ0v) is 15.8. The number of ether oxygens (including phenoxy) is 2. The van der Waals surface area contributed by atoms with E-state index in [0.29, 0.717) is 6.42 Å². The van der Waals surface area contributed by atoms with Gasteiger partial charge in [-0.1, -0.05) is 25.3 Å². The molecule has 0 amide bonds. The molecular formula is C19H19F6N3O2. The molecule has 164 valence electrons. The standard InChI is InChI=1S/C19H19F6N3O2/c1-4-5-6-14(30-19(23,24)25)10(2)12-9-13(12)11(3)29-15-7-8-27-17(28-26)16(15)18(20,21)22/h4-8,12-13H,2-3,9,26H2,1H3,(H,27,28). The summed E-state index contributed by atoms with van der Waals surface area (Å²) >= 11 is 0. The number of nitrogens with two attached hydrogens (primary N) is 1. The Morgan fingerprint density at radius 3 is 2.43 bits per heavy atom. The first-order chi connectivity index (χ1) is 13.9. The van der Waals surface area contributed by atoms with Gasteiger partial charge in [0.2, 0.25) is 0 Å². The molecular weight excluding hydrogens is 416 g/mol. The lowest BCUT2D eigenvalue weighted by Crippen LogP contribution is -2.18. The van der Waals surface area contributed by atoms with Crippen molar-refractivity contribution in [3.05, 3.63) is 66.3 Å². The zero-order valence-electron chi connectivity index (χ0n) is 15.8. The van der Waals surface area contributed by atoms with Crippen molar-refractivity contribution in [1.29, 1.82) is 0 Å². The molecule has 2 rings (SSSR count). The van der Waals surface area contributed by atoms with Gasteiger partial charge in [0.25, 0.3) is 0 Å². The van der Waals surface area contributed by atoms with E-state index >= 15 is 0 Å². The number of allylic oxidation sites excluding steroid dienone is 5. The maximum Gasteiger partial charge on any atom is 0.573 e. The molecule has 30 heavy (non-hydrogen) atoms. The average molecular weight is 435 g/mol. The molecule has 1 aromatic rings. The minimum atomic E-state index is -4.92. The Morgan fingerprint density at radius 1 is 1.23 bits per heavy atom. The van der Waals surface area contributed by atoms with Gasteiger partial charge in [-0.3, -0.25) is 0 Å². The highest BCUT2D eigenvalue weighted by atomic mass is 19.4. The third-order valence-corrected chi connectivity index (χ3v) is 4.21. The van der Waals surface area contributed by atoms with Crippen LogP contribution in [0.3, 0.4) is 0 Å². The fraction of sp³-hybridized carbons (Fsp3) is 0.316. The molecule has 3 N–H and O–H groups in total. The number of rotatable bonds is 8. The van der Waals surface area contributed by atoms with Crippen LogP contribution in [-0.4, -0.2) is 11.3 Å². The van der Waals surface area contributed by atoms with Crippen molar-refractivity contribution in [2.24, 2.45) is 17.7 Å². The normalized spacial score (nSPS) is 19.5. The van der Waals surface area contributed by atoms with Gasteiger partial charge >= 0.3 is 12.5 Å². The lowest BCUT2D eigenvalue weighted by Gasteiger charge is -2.18. The molecule has 5 nitrogen and oxygen atoms in total. The fourth-order valence-electron chi connectivity index (χ4n) is 2.76. The van der Waals surface area contributed by atoms with E-state index in [2.05, 4.69) is 22.9 Å². The van der Waals surface area contributed by atoms with Gasteiger partial charge in [0.15, 0.2) is 5.82 Å². The van der Waals surface area contributed by atoms with E-state index in [0.717, 1.165) is 18.3 Å². The van der Waals surface area contributed by atoms with Crippen molar-refractivity contribution in [3.63, 3.8) is 0 Å². The molecule has 1 aliphatic rings. The number of anilines is 1. The molecule has 0 spiro atoms. The molecule has 0 aliphatic heterocycles. The van der Waals surface area contributed by atoms with Gasteiger partial charge in [-0.25, -0.2) is 10.8 Å². The molecule has 11 heteroatoms. The number of halogens is 6. The van der Waals surface area contributed by atoms with Crippen LogP contribution in [-0.2, 0) is 10.9 Å². The topological polar surface area (TPSA) is 69.4 Å². The summed E-state index contributed by atoms with van der Waals surface area (Å²) in [5, 5.41) is 0. The molecule has 1 aliphatic carbocycles.